The van der Waals surface area contributed by atoms with Crippen molar-refractivity contribution in [1.82, 2.24) is 29.1 Å². The van der Waals surface area contributed by atoms with E-state index in [1.165, 1.54) is 30.7 Å². The first kappa shape index (κ1) is 23.3. The van der Waals surface area contributed by atoms with E-state index in [2.05, 4.69) is 31.3 Å². The van der Waals surface area contributed by atoms with Gasteiger partial charge in [-0.2, -0.15) is 18.2 Å². The summed E-state index contributed by atoms with van der Waals surface area (Å²) in [6.45, 7) is 0. The Kier molecular flexibility index (Phi) is 5.19. The summed E-state index contributed by atoms with van der Waals surface area (Å²) in [5, 5.41) is 3.79. The van der Waals surface area contributed by atoms with Crippen molar-refractivity contribution in [2.75, 3.05) is 5.32 Å². The maximum atomic E-state index is 13.3. The second kappa shape index (κ2) is 8.23. The molecule has 0 unspecified atom stereocenters. The molecular formula is C24H19ClF3N7O2. The zero-order valence-electron chi connectivity index (χ0n) is 19.5. The molecule has 0 saturated heterocycles. The van der Waals surface area contributed by atoms with Crippen molar-refractivity contribution >= 4 is 45.4 Å². The van der Waals surface area contributed by atoms with E-state index in [9.17, 15) is 18.0 Å². The number of aromatic nitrogens is 6. The van der Waals surface area contributed by atoms with Crippen LogP contribution in [0.2, 0.25) is 5.02 Å². The first-order valence-electron chi connectivity index (χ1n) is 11.3. The number of aryl methyl sites for hydroxylation is 2. The summed E-state index contributed by atoms with van der Waals surface area (Å²) in [5.41, 5.74) is 0.611. The molecule has 5 aromatic heterocycles. The van der Waals surface area contributed by atoms with E-state index in [0.29, 0.717) is 17.2 Å². The average molecular weight is 530 g/mol. The Labute approximate surface area is 211 Å². The van der Waals surface area contributed by atoms with Gasteiger partial charge in [-0.15, -0.1) is 0 Å². The number of aromatic amines is 1. The standard InChI is InChI=1S/C24H19ClF3N7O2/c1-34-10-13(24(26,27)28)7-16(22(34)36)32-23-33-21-19(35(23)2)18(25)17(9-30-21)37-14-5-12-6-15(11-3-4-11)31-20(12)29-8-14/h5-11H,3-4H2,1-2H3,(H,29,31)(H,30,32,33). The van der Waals surface area contributed by atoms with Crippen LogP contribution in [0.5, 0.6) is 11.5 Å². The lowest BCUT2D eigenvalue weighted by Crippen LogP contribution is -2.23. The summed E-state index contributed by atoms with van der Waals surface area (Å²) in [4.78, 5) is 28.8. The number of alkyl halides is 3. The van der Waals surface area contributed by atoms with E-state index in [1.807, 2.05) is 6.07 Å². The molecule has 0 atom stereocenters. The summed E-state index contributed by atoms with van der Waals surface area (Å²) >= 11 is 6.63. The predicted molar refractivity (Wildman–Crippen MR) is 132 cm³/mol. The van der Waals surface area contributed by atoms with Crippen molar-refractivity contribution in [3.05, 3.63) is 63.4 Å². The van der Waals surface area contributed by atoms with E-state index < -0.39 is 17.3 Å². The Morgan fingerprint density at radius 2 is 1.95 bits per heavy atom. The van der Waals surface area contributed by atoms with Crippen LogP contribution in [0.25, 0.3) is 22.2 Å². The number of nitrogens with zero attached hydrogens (tertiary/aromatic N) is 5. The third-order valence-electron chi connectivity index (χ3n) is 6.27. The molecule has 5 aromatic rings. The number of fused-ring (bicyclic) bond motifs is 2. The lowest BCUT2D eigenvalue weighted by atomic mass is 10.2. The predicted octanol–water partition coefficient (Wildman–Crippen LogP) is 5.63. The largest absolute Gasteiger partial charge is 0.452 e. The topological polar surface area (TPSA) is 103 Å². The van der Waals surface area contributed by atoms with Gasteiger partial charge in [0.15, 0.2) is 11.4 Å². The lowest BCUT2D eigenvalue weighted by molar-refractivity contribution is -0.138. The molecule has 1 saturated carbocycles. The average Bonchev–Trinajstić information content (AvgIpc) is 3.53. The maximum Gasteiger partial charge on any atom is 0.417 e. The van der Waals surface area contributed by atoms with Gasteiger partial charge in [0.2, 0.25) is 5.95 Å². The molecule has 1 aliphatic rings. The van der Waals surface area contributed by atoms with Gasteiger partial charge in [0, 0.05) is 31.4 Å². The molecule has 0 radical (unpaired) electrons. The van der Waals surface area contributed by atoms with Crippen LogP contribution in [-0.2, 0) is 20.3 Å². The smallest absolute Gasteiger partial charge is 0.417 e. The van der Waals surface area contributed by atoms with Gasteiger partial charge < -0.3 is 24.2 Å². The monoisotopic (exact) mass is 529 g/mol. The summed E-state index contributed by atoms with van der Waals surface area (Å²) in [7, 11) is 2.84. The third kappa shape index (κ3) is 4.16. The fourth-order valence-corrected chi connectivity index (χ4v) is 4.48. The molecule has 0 aliphatic heterocycles. The number of nitrogens with one attached hydrogen (secondary N) is 2. The molecule has 0 spiro atoms. The molecule has 9 nitrogen and oxygen atoms in total. The fourth-order valence-electron chi connectivity index (χ4n) is 4.19. The highest BCUT2D eigenvalue weighted by Crippen LogP contribution is 2.41. The lowest BCUT2D eigenvalue weighted by Gasteiger charge is -2.12. The summed E-state index contributed by atoms with van der Waals surface area (Å²) in [6.07, 6.45) is 1.43. The molecule has 37 heavy (non-hydrogen) atoms. The van der Waals surface area contributed by atoms with Gasteiger partial charge in [-0.1, -0.05) is 11.6 Å². The van der Waals surface area contributed by atoms with Crippen molar-refractivity contribution in [2.45, 2.75) is 24.9 Å². The molecule has 0 bridgehead atoms. The van der Waals surface area contributed by atoms with Gasteiger partial charge >= 0.3 is 6.18 Å². The highest BCUT2D eigenvalue weighted by atomic mass is 35.5. The van der Waals surface area contributed by atoms with Crippen LogP contribution < -0.4 is 15.6 Å². The van der Waals surface area contributed by atoms with E-state index in [1.54, 1.807) is 13.2 Å². The zero-order valence-corrected chi connectivity index (χ0v) is 20.3. The zero-order chi connectivity index (χ0) is 26.1. The molecule has 1 fully saturated rings. The number of rotatable bonds is 5. The molecule has 0 amide bonds. The summed E-state index contributed by atoms with van der Waals surface area (Å²) < 4.78 is 48.1. The van der Waals surface area contributed by atoms with Crippen molar-refractivity contribution < 1.29 is 17.9 Å². The third-order valence-corrected chi connectivity index (χ3v) is 6.64. The Balaban J connectivity index is 1.33. The van der Waals surface area contributed by atoms with Crippen LogP contribution in [0.1, 0.15) is 30.0 Å². The van der Waals surface area contributed by atoms with Crippen molar-refractivity contribution in [1.29, 1.82) is 0 Å². The minimum absolute atomic E-state index is 0.0842. The van der Waals surface area contributed by atoms with Crippen molar-refractivity contribution in [2.24, 2.45) is 14.1 Å². The number of imidazole rings is 1. The molecule has 13 heteroatoms. The minimum atomic E-state index is -4.62. The van der Waals surface area contributed by atoms with Crippen LogP contribution in [0.15, 0.2) is 41.6 Å². The van der Waals surface area contributed by atoms with Crippen LogP contribution >= 0.6 is 11.6 Å². The van der Waals surface area contributed by atoms with Crippen LogP contribution in [0, 0.1) is 0 Å². The normalized spacial score (nSPS) is 14.0. The van der Waals surface area contributed by atoms with Gasteiger partial charge in [0.05, 0.1) is 18.0 Å². The second-order valence-electron chi connectivity index (χ2n) is 8.99. The number of hydrogen-bond donors (Lipinski definition) is 2. The highest BCUT2D eigenvalue weighted by molar-refractivity contribution is 6.36. The van der Waals surface area contributed by atoms with Crippen LogP contribution in [-0.4, -0.2) is 29.1 Å². The minimum Gasteiger partial charge on any atom is -0.452 e. The van der Waals surface area contributed by atoms with Gasteiger partial charge in [-0.05, 0) is 37.0 Å². The molecule has 6 rings (SSSR count). The Hall–Kier alpha value is -4.06. The second-order valence-corrected chi connectivity index (χ2v) is 9.37. The van der Waals surface area contributed by atoms with Crippen LogP contribution in [0.3, 0.4) is 0 Å². The van der Waals surface area contributed by atoms with Crippen molar-refractivity contribution in [3.8, 4) is 11.5 Å². The first-order chi connectivity index (χ1) is 17.6. The summed E-state index contributed by atoms with van der Waals surface area (Å²) in [5.74, 6) is 1.35. The van der Waals surface area contributed by atoms with Gasteiger partial charge in [-0.3, -0.25) is 4.79 Å². The van der Waals surface area contributed by atoms with Crippen molar-refractivity contribution in [3.63, 3.8) is 0 Å². The Morgan fingerprint density at radius 3 is 2.68 bits per heavy atom. The number of halogens is 4. The van der Waals surface area contributed by atoms with E-state index >= 15 is 0 Å². The highest BCUT2D eigenvalue weighted by Gasteiger charge is 2.32. The van der Waals surface area contributed by atoms with E-state index in [4.69, 9.17) is 16.3 Å². The quantitative estimate of drug-likeness (QED) is 0.306. The van der Waals surface area contributed by atoms with E-state index in [0.717, 1.165) is 33.6 Å². The molecular weight excluding hydrogens is 511 g/mol. The number of pyridine rings is 3. The molecule has 2 N–H and O–H groups in total. The number of ether oxygens (including phenoxy) is 1. The van der Waals surface area contributed by atoms with Gasteiger partial charge in [0.25, 0.3) is 5.56 Å². The summed E-state index contributed by atoms with van der Waals surface area (Å²) in [6, 6.07) is 4.65. The maximum absolute atomic E-state index is 13.3. The Morgan fingerprint density at radius 1 is 1.16 bits per heavy atom. The number of anilines is 2. The van der Waals surface area contributed by atoms with E-state index in [-0.39, 0.29) is 28.1 Å². The molecule has 0 aromatic carbocycles. The number of hydrogen-bond acceptors (Lipinski definition) is 6. The fraction of sp³-hybridized carbons (Fsp3) is 0.250. The SMILES string of the molecule is Cn1cc(C(F)(F)F)cc(Nc2nc3ncc(Oc4cnc5[nH]c(C6CC6)cc5c4)c(Cl)c3n2C)c1=O. The first-order valence-corrected chi connectivity index (χ1v) is 11.7. The molecule has 1 aliphatic carbocycles. The van der Waals surface area contributed by atoms with Gasteiger partial charge in [0.1, 0.15) is 27.6 Å². The van der Waals surface area contributed by atoms with Gasteiger partial charge in [-0.25, -0.2) is 9.97 Å². The van der Waals surface area contributed by atoms with Crippen LogP contribution in [0.4, 0.5) is 24.8 Å². The number of H-pyrrole nitrogens is 1. The molecule has 190 valence electrons. The Bertz CT molecular complexity index is 1750. The molecule has 5 heterocycles.